The Balaban J connectivity index is 1.72. The van der Waals surface area contributed by atoms with Crippen LogP contribution in [0.4, 0.5) is 0 Å². The zero-order valence-corrected chi connectivity index (χ0v) is 20.3. The largest absolute Gasteiger partial charge is 0.496 e. The van der Waals surface area contributed by atoms with E-state index in [0.717, 1.165) is 10.0 Å². The number of carbonyl (C=O) groups excluding carboxylic acids is 1. The Bertz CT molecular complexity index is 1150. The van der Waals surface area contributed by atoms with Crippen molar-refractivity contribution in [3.8, 4) is 17.2 Å². The molecular formula is C23H19BrCl2N2O4. The lowest BCUT2D eigenvalue weighted by Crippen LogP contribution is -2.18. The molecule has 0 atom stereocenters. The molecule has 0 unspecified atom stereocenters. The molecule has 166 valence electrons. The number of hydrogen-bond donors (Lipinski definition) is 1. The molecule has 0 heterocycles. The molecular weight excluding hydrogens is 519 g/mol. The molecule has 3 aromatic carbocycles. The Hall–Kier alpha value is -2.74. The van der Waals surface area contributed by atoms with Gasteiger partial charge in [0.2, 0.25) is 0 Å². The van der Waals surface area contributed by atoms with E-state index in [4.69, 9.17) is 37.4 Å². The quantitative estimate of drug-likeness (QED) is 0.278. The molecule has 0 aliphatic heterocycles. The highest BCUT2D eigenvalue weighted by atomic mass is 79.9. The maximum atomic E-state index is 12.4. The number of nitrogens with zero attached hydrogens (tertiary/aromatic N) is 1. The Labute approximate surface area is 204 Å². The van der Waals surface area contributed by atoms with Gasteiger partial charge in [0.1, 0.15) is 12.4 Å². The van der Waals surface area contributed by atoms with Crippen molar-refractivity contribution in [2.24, 2.45) is 5.10 Å². The number of methoxy groups -OCH3 is 2. The predicted molar refractivity (Wildman–Crippen MR) is 130 cm³/mol. The topological polar surface area (TPSA) is 69.2 Å². The second-order valence-corrected chi connectivity index (χ2v) is 8.26. The fourth-order valence-corrected chi connectivity index (χ4v) is 3.67. The van der Waals surface area contributed by atoms with Gasteiger partial charge in [-0.2, -0.15) is 5.10 Å². The van der Waals surface area contributed by atoms with Crippen molar-refractivity contribution in [3.63, 3.8) is 0 Å². The normalized spacial score (nSPS) is 10.8. The molecule has 3 rings (SSSR count). The minimum absolute atomic E-state index is 0.272. The van der Waals surface area contributed by atoms with Crippen LogP contribution in [-0.4, -0.2) is 26.3 Å². The molecule has 0 aliphatic rings. The number of halogens is 3. The minimum atomic E-state index is -0.418. The van der Waals surface area contributed by atoms with E-state index in [-0.39, 0.29) is 6.61 Å². The Morgan fingerprint density at radius 3 is 2.56 bits per heavy atom. The van der Waals surface area contributed by atoms with Gasteiger partial charge in [-0.1, -0.05) is 51.3 Å². The van der Waals surface area contributed by atoms with E-state index in [0.29, 0.717) is 38.4 Å². The Morgan fingerprint density at radius 2 is 1.84 bits per heavy atom. The van der Waals surface area contributed by atoms with Gasteiger partial charge in [0.05, 0.1) is 31.0 Å². The lowest BCUT2D eigenvalue weighted by molar-refractivity contribution is 0.0952. The third kappa shape index (κ3) is 6.16. The van der Waals surface area contributed by atoms with Gasteiger partial charge in [-0.15, -0.1) is 0 Å². The molecule has 3 aromatic rings. The summed E-state index contributed by atoms with van der Waals surface area (Å²) in [5, 5.41) is 4.97. The molecule has 0 aromatic heterocycles. The van der Waals surface area contributed by atoms with Crippen LogP contribution in [-0.2, 0) is 6.61 Å². The molecule has 0 spiro atoms. The summed E-state index contributed by atoms with van der Waals surface area (Å²) >= 11 is 15.8. The van der Waals surface area contributed by atoms with Gasteiger partial charge in [0, 0.05) is 9.50 Å². The van der Waals surface area contributed by atoms with E-state index < -0.39 is 5.91 Å². The summed E-state index contributed by atoms with van der Waals surface area (Å²) in [6, 6.07) is 15.8. The molecule has 0 aliphatic carbocycles. The van der Waals surface area contributed by atoms with Gasteiger partial charge in [-0.25, -0.2) is 5.43 Å². The third-order valence-corrected chi connectivity index (χ3v) is 5.32. The molecule has 0 radical (unpaired) electrons. The third-order valence-electron chi connectivity index (χ3n) is 4.31. The molecule has 0 fully saturated rings. The van der Waals surface area contributed by atoms with E-state index in [1.54, 1.807) is 36.4 Å². The van der Waals surface area contributed by atoms with Crippen molar-refractivity contribution in [1.29, 1.82) is 0 Å². The SMILES string of the molecule is COc1ccc(Br)cc1C(=O)N/N=C\c1cc(Cl)c(OCc2cccc(Cl)c2)c(OC)c1. The monoisotopic (exact) mass is 536 g/mol. The summed E-state index contributed by atoms with van der Waals surface area (Å²) in [6.07, 6.45) is 1.46. The fraction of sp³-hybridized carbons (Fsp3) is 0.130. The highest BCUT2D eigenvalue weighted by Crippen LogP contribution is 2.36. The van der Waals surface area contributed by atoms with Crippen LogP contribution in [0.15, 0.2) is 64.2 Å². The van der Waals surface area contributed by atoms with Gasteiger partial charge < -0.3 is 14.2 Å². The molecule has 6 nitrogen and oxygen atoms in total. The van der Waals surface area contributed by atoms with Gasteiger partial charge in [0.25, 0.3) is 5.91 Å². The van der Waals surface area contributed by atoms with Crippen LogP contribution in [0.5, 0.6) is 17.2 Å². The lowest BCUT2D eigenvalue weighted by Gasteiger charge is -2.13. The van der Waals surface area contributed by atoms with E-state index in [1.165, 1.54) is 20.4 Å². The number of carbonyl (C=O) groups is 1. The van der Waals surface area contributed by atoms with Crippen molar-refractivity contribution in [2.45, 2.75) is 6.61 Å². The summed E-state index contributed by atoms with van der Waals surface area (Å²) in [6.45, 7) is 0.272. The van der Waals surface area contributed by atoms with Crippen molar-refractivity contribution >= 4 is 51.3 Å². The molecule has 0 saturated carbocycles. The highest BCUT2D eigenvalue weighted by molar-refractivity contribution is 9.10. The number of hydrogen-bond acceptors (Lipinski definition) is 5. The predicted octanol–water partition coefficient (Wildman–Crippen LogP) is 6.12. The standard InChI is InChI=1S/C23H19BrCl2N2O4/c1-30-20-7-6-16(24)11-18(20)23(29)28-27-12-15-9-19(26)22(21(10-15)31-2)32-13-14-4-3-5-17(25)8-14/h3-12H,13H2,1-2H3,(H,28,29)/b27-12-. The molecule has 0 bridgehead atoms. The van der Waals surface area contributed by atoms with E-state index in [1.807, 2.05) is 18.2 Å². The zero-order chi connectivity index (χ0) is 23.1. The van der Waals surface area contributed by atoms with Crippen molar-refractivity contribution in [2.75, 3.05) is 14.2 Å². The van der Waals surface area contributed by atoms with Crippen molar-refractivity contribution in [1.82, 2.24) is 5.43 Å². The number of amides is 1. The Morgan fingerprint density at radius 1 is 1.06 bits per heavy atom. The highest BCUT2D eigenvalue weighted by Gasteiger charge is 2.14. The summed E-state index contributed by atoms with van der Waals surface area (Å²) in [7, 11) is 3.01. The summed E-state index contributed by atoms with van der Waals surface area (Å²) in [5.74, 6) is 0.848. The molecule has 9 heteroatoms. The van der Waals surface area contributed by atoms with Gasteiger partial charge in [-0.05, 0) is 53.6 Å². The number of benzene rings is 3. The summed E-state index contributed by atoms with van der Waals surface area (Å²) in [5.41, 5.74) is 4.33. The summed E-state index contributed by atoms with van der Waals surface area (Å²) < 4.78 is 17.2. The molecule has 0 saturated heterocycles. The van der Waals surface area contributed by atoms with Gasteiger partial charge >= 0.3 is 0 Å². The first kappa shape index (κ1) is 23.9. The van der Waals surface area contributed by atoms with Crippen LogP contribution < -0.4 is 19.6 Å². The smallest absolute Gasteiger partial charge is 0.275 e. The Kier molecular flexibility index (Phi) is 8.39. The maximum Gasteiger partial charge on any atom is 0.275 e. The average Bonchev–Trinajstić information content (AvgIpc) is 2.78. The molecule has 1 N–H and O–H groups in total. The first-order valence-corrected chi connectivity index (χ1v) is 10.9. The minimum Gasteiger partial charge on any atom is -0.496 e. The summed E-state index contributed by atoms with van der Waals surface area (Å²) in [4.78, 5) is 12.4. The van der Waals surface area contributed by atoms with E-state index in [2.05, 4.69) is 26.5 Å². The van der Waals surface area contributed by atoms with Crippen LogP contribution >= 0.6 is 39.1 Å². The first-order chi connectivity index (χ1) is 15.4. The second kappa shape index (κ2) is 11.2. The van der Waals surface area contributed by atoms with Crippen LogP contribution in [0.2, 0.25) is 10.0 Å². The number of rotatable bonds is 8. The van der Waals surface area contributed by atoms with Crippen LogP contribution in [0.3, 0.4) is 0 Å². The fourth-order valence-electron chi connectivity index (χ4n) is 2.82. The molecule has 1 amide bonds. The number of ether oxygens (including phenoxy) is 3. The number of nitrogens with one attached hydrogen (secondary N) is 1. The van der Waals surface area contributed by atoms with Crippen molar-refractivity contribution in [3.05, 3.63) is 85.8 Å². The van der Waals surface area contributed by atoms with Gasteiger partial charge in [0.15, 0.2) is 11.5 Å². The maximum absolute atomic E-state index is 12.4. The van der Waals surface area contributed by atoms with Crippen LogP contribution in [0.1, 0.15) is 21.5 Å². The molecule has 32 heavy (non-hydrogen) atoms. The zero-order valence-electron chi connectivity index (χ0n) is 17.2. The first-order valence-electron chi connectivity index (χ1n) is 9.33. The van der Waals surface area contributed by atoms with E-state index >= 15 is 0 Å². The lowest BCUT2D eigenvalue weighted by atomic mass is 10.2. The second-order valence-electron chi connectivity index (χ2n) is 6.50. The average molecular weight is 538 g/mol. The number of hydrazone groups is 1. The van der Waals surface area contributed by atoms with Gasteiger partial charge in [-0.3, -0.25) is 4.79 Å². The van der Waals surface area contributed by atoms with Crippen LogP contribution in [0.25, 0.3) is 0 Å². The van der Waals surface area contributed by atoms with Crippen molar-refractivity contribution < 1.29 is 19.0 Å². The van der Waals surface area contributed by atoms with E-state index in [9.17, 15) is 4.79 Å². The van der Waals surface area contributed by atoms with Crippen LogP contribution in [0, 0.1) is 0 Å².